The second-order valence-corrected chi connectivity index (χ2v) is 1.86. The lowest BCUT2D eigenvalue weighted by Gasteiger charge is -1.93. The van der Waals surface area contributed by atoms with E-state index in [4.69, 9.17) is 0 Å². The quantitative estimate of drug-likeness (QED) is 0.395. The number of hydrogen-bond acceptors (Lipinski definition) is 1. The van der Waals surface area contributed by atoms with E-state index in [2.05, 4.69) is 11.6 Å². The van der Waals surface area contributed by atoms with Gasteiger partial charge < -0.3 is 0 Å². The highest BCUT2D eigenvalue weighted by atomic mass is 14.7. The van der Waals surface area contributed by atoms with Crippen LogP contribution in [0.2, 0.25) is 0 Å². The summed E-state index contributed by atoms with van der Waals surface area (Å²) in [5.41, 5.74) is 2.17. The minimum atomic E-state index is 1.03. The molecular weight excluding hydrogens is 110 g/mol. The Morgan fingerprint density at radius 1 is 1.44 bits per heavy atom. The first-order valence-corrected chi connectivity index (χ1v) is 3.01. The van der Waals surface area contributed by atoms with Gasteiger partial charge in [0.15, 0.2) is 0 Å². The minimum absolute atomic E-state index is 1.03. The Labute approximate surface area is 56.8 Å². The highest BCUT2D eigenvalue weighted by Crippen LogP contribution is 2.03. The summed E-state index contributed by atoms with van der Waals surface area (Å²) in [5, 5.41) is 0. The summed E-state index contributed by atoms with van der Waals surface area (Å²) >= 11 is 0. The fourth-order valence-corrected chi connectivity index (χ4v) is 0.443. The average Bonchev–Trinajstić information content (AvgIpc) is 1.87. The van der Waals surface area contributed by atoms with E-state index in [1.54, 1.807) is 6.21 Å². The number of hydrogen-bond donors (Lipinski definition) is 0. The van der Waals surface area contributed by atoms with Gasteiger partial charge in [-0.3, -0.25) is 4.99 Å². The summed E-state index contributed by atoms with van der Waals surface area (Å²) in [4.78, 5) is 4.08. The molecule has 0 saturated heterocycles. The average molecular weight is 123 g/mol. The van der Waals surface area contributed by atoms with E-state index >= 15 is 0 Å². The number of aliphatic imine (C=N–C) groups is 1. The smallest absolute Gasteiger partial charge is 0.0397 e. The van der Waals surface area contributed by atoms with Gasteiger partial charge in [-0.2, -0.15) is 0 Å². The van der Waals surface area contributed by atoms with Crippen molar-refractivity contribution < 1.29 is 0 Å². The summed E-state index contributed by atoms with van der Waals surface area (Å²) in [6, 6.07) is 0. The summed E-state index contributed by atoms with van der Waals surface area (Å²) in [7, 11) is 0. The van der Waals surface area contributed by atoms with Gasteiger partial charge in [-0.05, 0) is 26.3 Å². The van der Waals surface area contributed by atoms with E-state index < -0.39 is 0 Å². The number of allylic oxidation sites excluding steroid dienone is 3. The highest BCUT2D eigenvalue weighted by Gasteiger charge is 1.84. The zero-order valence-corrected chi connectivity index (χ0v) is 6.31. The van der Waals surface area contributed by atoms with Crippen LogP contribution in [0.4, 0.5) is 0 Å². The van der Waals surface area contributed by atoms with Crippen LogP contribution in [0.1, 0.15) is 20.8 Å². The van der Waals surface area contributed by atoms with Gasteiger partial charge in [-0.25, -0.2) is 0 Å². The SMILES string of the molecule is C=C/C(C)=C(C)\N=C/C. The molecule has 0 aliphatic rings. The monoisotopic (exact) mass is 123 g/mol. The predicted molar refractivity (Wildman–Crippen MR) is 42.7 cm³/mol. The number of rotatable bonds is 2. The molecule has 0 rings (SSSR count). The van der Waals surface area contributed by atoms with E-state index in [1.807, 2.05) is 26.8 Å². The number of nitrogens with zero attached hydrogens (tertiary/aromatic N) is 1. The Morgan fingerprint density at radius 3 is 2.33 bits per heavy atom. The molecule has 9 heavy (non-hydrogen) atoms. The van der Waals surface area contributed by atoms with Crippen molar-refractivity contribution in [2.45, 2.75) is 20.8 Å². The molecule has 0 saturated carbocycles. The maximum Gasteiger partial charge on any atom is 0.0397 e. The van der Waals surface area contributed by atoms with Gasteiger partial charge in [0, 0.05) is 11.9 Å². The molecule has 0 aliphatic heterocycles. The highest BCUT2D eigenvalue weighted by molar-refractivity contribution is 5.55. The summed E-state index contributed by atoms with van der Waals surface area (Å²) in [6.45, 7) is 9.50. The fraction of sp³-hybridized carbons (Fsp3) is 0.375. The van der Waals surface area contributed by atoms with Gasteiger partial charge in [0.2, 0.25) is 0 Å². The Hall–Kier alpha value is -0.850. The topological polar surface area (TPSA) is 12.4 Å². The van der Waals surface area contributed by atoms with Crippen molar-refractivity contribution in [2.75, 3.05) is 0 Å². The van der Waals surface area contributed by atoms with E-state index in [9.17, 15) is 0 Å². The van der Waals surface area contributed by atoms with Gasteiger partial charge in [0.1, 0.15) is 0 Å². The molecule has 0 unspecified atom stereocenters. The first-order valence-electron chi connectivity index (χ1n) is 3.01. The first kappa shape index (κ1) is 8.15. The van der Waals surface area contributed by atoms with Crippen molar-refractivity contribution in [3.8, 4) is 0 Å². The zero-order chi connectivity index (χ0) is 7.28. The van der Waals surface area contributed by atoms with Gasteiger partial charge in [0.05, 0.1) is 0 Å². The maximum atomic E-state index is 4.08. The molecule has 0 atom stereocenters. The normalized spacial score (nSPS) is 13.7. The first-order chi connectivity index (χ1) is 4.22. The van der Waals surface area contributed by atoms with Gasteiger partial charge >= 0.3 is 0 Å². The molecular formula is C8H13N. The van der Waals surface area contributed by atoms with Crippen molar-refractivity contribution >= 4 is 6.21 Å². The molecule has 1 nitrogen and oxygen atoms in total. The van der Waals surface area contributed by atoms with Crippen molar-refractivity contribution in [1.29, 1.82) is 0 Å². The third kappa shape index (κ3) is 2.85. The molecule has 0 amide bonds. The Balaban J connectivity index is 4.27. The minimum Gasteiger partial charge on any atom is -0.266 e. The van der Waals surface area contributed by atoms with Crippen LogP contribution >= 0.6 is 0 Å². The van der Waals surface area contributed by atoms with Crippen molar-refractivity contribution in [3.05, 3.63) is 23.9 Å². The van der Waals surface area contributed by atoms with Gasteiger partial charge in [0.25, 0.3) is 0 Å². The fourth-order valence-electron chi connectivity index (χ4n) is 0.443. The molecule has 0 spiro atoms. The Kier molecular flexibility index (Phi) is 3.69. The second kappa shape index (κ2) is 4.07. The lowest BCUT2D eigenvalue weighted by atomic mass is 10.2. The van der Waals surface area contributed by atoms with Crippen LogP contribution in [-0.2, 0) is 0 Å². The predicted octanol–water partition coefficient (Wildman–Crippen LogP) is 2.56. The van der Waals surface area contributed by atoms with E-state index in [0.717, 1.165) is 11.3 Å². The summed E-state index contributed by atoms with van der Waals surface area (Å²) < 4.78 is 0. The lowest BCUT2D eigenvalue weighted by Crippen LogP contribution is -1.75. The second-order valence-electron chi connectivity index (χ2n) is 1.86. The molecule has 0 aromatic carbocycles. The van der Waals surface area contributed by atoms with Crippen LogP contribution in [-0.4, -0.2) is 6.21 Å². The summed E-state index contributed by atoms with van der Waals surface area (Å²) in [6.07, 6.45) is 3.59. The Morgan fingerprint density at radius 2 is 2.00 bits per heavy atom. The third-order valence-corrected chi connectivity index (χ3v) is 1.20. The molecule has 1 heteroatoms. The molecule has 0 aromatic heterocycles. The third-order valence-electron chi connectivity index (χ3n) is 1.20. The Bertz CT molecular complexity index is 152. The standard InChI is InChI=1S/C8H13N/c1-5-7(3)8(4)9-6-2/h5-6H,1H2,2-4H3/b8-7-,9-6-. The van der Waals surface area contributed by atoms with Crippen LogP contribution in [0.3, 0.4) is 0 Å². The molecule has 0 N–H and O–H groups in total. The molecule has 0 radical (unpaired) electrons. The van der Waals surface area contributed by atoms with Gasteiger partial charge in [-0.15, -0.1) is 0 Å². The molecule has 0 fully saturated rings. The van der Waals surface area contributed by atoms with Crippen LogP contribution < -0.4 is 0 Å². The van der Waals surface area contributed by atoms with Gasteiger partial charge in [-0.1, -0.05) is 12.7 Å². The lowest BCUT2D eigenvalue weighted by molar-refractivity contribution is 1.24. The van der Waals surface area contributed by atoms with E-state index in [1.165, 1.54) is 0 Å². The largest absolute Gasteiger partial charge is 0.266 e. The van der Waals surface area contributed by atoms with Crippen LogP contribution in [0.15, 0.2) is 28.9 Å². The maximum absolute atomic E-state index is 4.08. The molecule has 0 aliphatic carbocycles. The zero-order valence-electron chi connectivity index (χ0n) is 6.31. The molecule has 0 aromatic rings. The van der Waals surface area contributed by atoms with Crippen molar-refractivity contribution in [3.63, 3.8) is 0 Å². The van der Waals surface area contributed by atoms with Crippen LogP contribution in [0.25, 0.3) is 0 Å². The van der Waals surface area contributed by atoms with Crippen molar-refractivity contribution in [2.24, 2.45) is 4.99 Å². The van der Waals surface area contributed by atoms with E-state index in [0.29, 0.717) is 0 Å². The molecule has 50 valence electrons. The molecule has 0 heterocycles. The summed E-state index contributed by atoms with van der Waals surface area (Å²) in [5.74, 6) is 0. The van der Waals surface area contributed by atoms with Crippen molar-refractivity contribution in [1.82, 2.24) is 0 Å². The molecule has 0 bridgehead atoms. The van der Waals surface area contributed by atoms with E-state index in [-0.39, 0.29) is 0 Å². The van der Waals surface area contributed by atoms with Crippen LogP contribution in [0.5, 0.6) is 0 Å². The van der Waals surface area contributed by atoms with Crippen LogP contribution in [0, 0.1) is 0 Å².